The molecule has 0 saturated carbocycles. The van der Waals surface area contributed by atoms with E-state index in [1.165, 1.54) is 6.26 Å². The third-order valence-electron chi connectivity index (χ3n) is 2.37. The second-order valence-corrected chi connectivity index (χ2v) is 3.65. The lowest BCUT2D eigenvalue weighted by molar-refractivity contribution is -0.132. The van der Waals surface area contributed by atoms with Gasteiger partial charge >= 0.3 is 5.97 Å². The van der Waals surface area contributed by atoms with Gasteiger partial charge in [0.2, 0.25) is 0 Å². The zero-order chi connectivity index (χ0) is 12.1. The highest BCUT2D eigenvalue weighted by Gasteiger charge is 2.09. The van der Waals surface area contributed by atoms with Crippen molar-refractivity contribution in [2.75, 3.05) is 0 Å². The summed E-state index contributed by atoms with van der Waals surface area (Å²) >= 11 is 0. The van der Waals surface area contributed by atoms with Crippen molar-refractivity contribution in [2.45, 2.75) is 6.42 Å². The second-order valence-electron chi connectivity index (χ2n) is 3.65. The molecule has 2 aromatic rings. The van der Waals surface area contributed by atoms with Gasteiger partial charge in [0.05, 0.1) is 6.26 Å². The van der Waals surface area contributed by atoms with Gasteiger partial charge in [-0.1, -0.05) is 30.3 Å². The maximum Gasteiger partial charge on any atom is 0.332 e. The number of carboxylic acids is 1. The van der Waals surface area contributed by atoms with Gasteiger partial charge in [0.15, 0.2) is 0 Å². The Morgan fingerprint density at radius 3 is 2.53 bits per heavy atom. The molecular weight excluding hydrogens is 216 g/mol. The van der Waals surface area contributed by atoms with Gasteiger partial charge in [-0.3, -0.25) is 0 Å². The van der Waals surface area contributed by atoms with E-state index in [2.05, 4.69) is 0 Å². The Balaban J connectivity index is 2.22. The van der Waals surface area contributed by atoms with Crippen molar-refractivity contribution in [3.63, 3.8) is 0 Å². The minimum atomic E-state index is -0.926. The van der Waals surface area contributed by atoms with Crippen LogP contribution < -0.4 is 0 Å². The third kappa shape index (κ3) is 3.08. The molecule has 1 N–H and O–H groups in total. The molecule has 0 fully saturated rings. The molecule has 0 saturated heterocycles. The second kappa shape index (κ2) is 5.16. The van der Waals surface area contributed by atoms with Crippen molar-refractivity contribution in [1.29, 1.82) is 0 Å². The average Bonchev–Trinajstić information content (AvgIpc) is 2.82. The van der Waals surface area contributed by atoms with Crippen LogP contribution in [0.3, 0.4) is 0 Å². The smallest absolute Gasteiger partial charge is 0.332 e. The van der Waals surface area contributed by atoms with E-state index >= 15 is 0 Å². The molecule has 0 bridgehead atoms. The SMILES string of the molecule is O=C(O)/C(=C/c1ccco1)Cc1ccccc1. The summed E-state index contributed by atoms with van der Waals surface area (Å²) in [5, 5.41) is 9.12. The van der Waals surface area contributed by atoms with Gasteiger partial charge in [-0.15, -0.1) is 0 Å². The van der Waals surface area contributed by atoms with E-state index in [9.17, 15) is 4.79 Å². The molecule has 0 aliphatic carbocycles. The highest BCUT2D eigenvalue weighted by Crippen LogP contribution is 2.13. The van der Waals surface area contributed by atoms with Gasteiger partial charge in [0, 0.05) is 12.0 Å². The Hall–Kier alpha value is -2.29. The van der Waals surface area contributed by atoms with Gasteiger partial charge in [0.25, 0.3) is 0 Å². The van der Waals surface area contributed by atoms with Crippen LogP contribution in [-0.2, 0) is 11.2 Å². The highest BCUT2D eigenvalue weighted by atomic mass is 16.4. The fourth-order valence-corrected chi connectivity index (χ4v) is 1.55. The first-order valence-corrected chi connectivity index (χ1v) is 5.27. The summed E-state index contributed by atoms with van der Waals surface area (Å²) in [6.45, 7) is 0. The van der Waals surface area contributed by atoms with E-state index in [0.717, 1.165) is 5.56 Å². The lowest BCUT2D eigenvalue weighted by Crippen LogP contribution is -2.03. The number of aliphatic carboxylic acids is 1. The lowest BCUT2D eigenvalue weighted by Gasteiger charge is -2.01. The van der Waals surface area contributed by atoms with Gasteiger partial charge < -0.3 is 9.52 Å². The molecule has 1 heterocycles. The zero-order valence-electron chi connectivity index (χ0n) is 9.17. The quantitative estimate of drug-likeness (QED) is 0.818. The molecule has 0 aliphatic rings. The minimum absolute atomic E-state index is 0.311. The first-order chi connectivity index (χ1) is 8.25. The number of benzene rings is 1. The topological polar surface area (TPSA) is 50.4 Å². The first-order valence-electron chi connectivity index (χ1n) is 5.27. The van der Waals surface area contributed by atoms with Crippen LogP contribution in [0.5, 0.6) is 0 Å². The van der Waals surface area contributed by atoms with E-state index in [-0.39, 0.29) is 0 Å². The summed E-state index contributed by atoms with van der Waals surface area (Å²) in [5.41, 5.74) is 1.28. The van der Waals surface area contributed by atoms with Crippen LogP contribution in [-0.4, -0.2) is 11.1 Å². The molecule has 1 aromatic heterocycles. The van der Waals surface area contributed by atoms with Crippen molar-refractivity contribution in [3.8, 4) is 0 Å². The predicted octanol–water partition coefficient (Wildman–Crippen LogP) is 2.99. The molecular formula is C14H12O3. The van der Waals surface area contributed by atoms with Crippen molar-refractivity contribution in [1.82, 2.24) is 0 Å². The summed E-state index contributed by atoms with van der Waals surface area (Å²) in [4.78, 5) is 11.1. The summed E-state index contributed by atoms with van der Waals surface area (Å²) in [6, 6.07) is 12.9. The number of rotatable bonds is 4. The fraction of sp³-hybridized carbons (Fsp3) is 0.0714. The molecule has 3 heteroatoms. The van der Waals surface area contributed by atoms with E-state index in [1.54, 1.807) is 18.2 Å². The van der Waals surface area contributed by atoms with Crippen LogP contribution in [0.2, 0.25) is 0 Å². The lowest BCUT2D eigenvalue weighted by atomic mass is 10.0. The van der Waals surface area contributed by atoms with Crippen LogP contribution in [0.25, 0.3) is 6.08 Å². The van der Waals surface area contributed by atoms with Crippen LogP contribution >= 0.6 is 0 Å². The van der Waals surface area contributed by atoms with Crippen LogP contribution in [0.15, 0.2) is 58.7 Å². The number of hydrogen-bond acceptors (Lipinski definition) is 2. The Bertz CT molecular complexity index is 510. The van der Waals surface area contributed by atoms with E-state index < -0.39 is 5.97 Å². The third-order valence-corrected chi connectivity index (χ3v) is 2.37. The Morgan fingerprint density at radius 1 is 1.18 bits per heavy atom. The van der Waals surface area contributed by atoms with Crippen LogP contribution in [0, 0.1) is 0 Å². The Morgan fingerprint density at radius 2 is 1.94 bits per heavy atom. The standard InChI is InChI=1S/C14H12O3/c15-14(16)12(10-13-7-4-8-17-13)9-11-5-2-1-3-6-11/h1-8,10H,9H2,(H,15,16)/b12-10+. The molecule has 3 nitrogen and oxygen atoms in total. The van der Waals surface area contributed by atoms with Crippen LogP contribution in [0.1, 0.15) is 11.3 Å². The Kier molecular flexibility index (Phi) is 3.40. The van der Waals surface area contributed by atoms with Gasteiger partial charge in [0.1, 0.15) is 5.76 Å². The number of hydrogen-bond donors (Lipinski definition) is 1. The molecule has 0 aliphatic heterocycles. The molecule has 0 unspecified atom stereocenters. The summed E-state index contributed by atoms with van der Waals surface area (Å²) < 4.78 is 5.11. The van der Waals surface area contributed by atoms with Gasteiger partial charge in [-0.2, -0.15) is 0 Å². The highest BCUT2D eigenvalue weighted by molar-refractivity contribution is 5.92. The van der Waals surface area contributed by atoms with Crippen molar-refractivity contribution in [2.24, 2.45) is 0 Å². The van der Waals surface area contributed by atoms with E-state index in [1.807, 2.05) is 30.3 Å². The summed E-state index contributed by atoms with van der Waals surface area (Å²) in [5.74, 6) is -0.372. The molecule has 0 radical (unpaired) electrons. The first kappa shape index (κ1) is 11.2. The van der Waals surface area contributed by atoms with Gasteiger partial charge in [-0.05, 0) is 23.8 Å². The molecule has 86 valence electrons. The molecule has 0 atom stereocenters. The number of carboxylic acid groups (broad SMARTS) is 1. The summed E-state index contributed by atoms with van der Waals surface area (Å²) in [6.07, 6.45) is 3.46. The fourth-order valence-electron chi connectivity index (χ4n) is 1.55. The molecule has 2 rings (SSSR count). The van der Waals surface area contributed by atoms with Crippen molar-refractivity contribution < 1.29 is 14.3 Å². The molecule has 0 amide bonds. The number of furan rings is 1. The maximum absolute atomic E-state index is 11.1. The van der Waals surface area contributed by atoms with E-state index in [4.69, 9.17) is 9.52 Å². The van der Waals surface area contributed by atoms with Crippen molar-refractivity contribution >= 4 is 12.0 Å². The average molecular weight is 228 g/mol. The zero-order valence-corrected chi connectivity index (χ0v) is 9.17. The minimum Gasteiger partial charge on any atom is -0.478 e. The monoisotopic (exact) mass is 228 g/mol. The Labute approximate surface area is 99.0 Å². The normalized spacial score (nSPS) is 11.4. The predicted molar refractivity (Wildman–Crippen MR) is 64.5 cm³/mol. The number of carbonyl (C=O) groups is 1. The molecule has 0 spiro atoms. The molecule has 1 aromatic carbocycles. The largest absolute Gasteiger partial charge is 0.478 e. The van der Waals surface area contributed by atoms with E-state index in [0.29, 0.717) is 17.8 Å². The van der Waals surface area contributed by atoms with Crippen molar-refractivity contribution in [3.05, 3.63) is 65.6 Å². The molecule has 17 heavy (non-hydrogen) atoms. The van der Waals surface area contributed by atoms with Gasteiger partial charge in [-0.25, -0.2) is 4.79 Å². The maximum atomic E-state index is 11.1. The van der Waals surface area contributed by atoms with Crippen LogP contribution in [0.4, 0.5) is 0 Å². The summed E-state index contributed by atoms with van der Waals surface area (Å²) in [7, 11) is 0.